The van der Waals surface area contributed by atoms with Gasteiger partial charge in [0.1, 0.15) is 17.6 Å². The molecule has 2 amide bonds. The minimum absolute atomic E-state index is 0.0977. The smallest absolute Gasteiger partial charge is 0.324 e. The first kappa shape index (κ1) is 43.9. The summed E-state index contributed by atoms with van der Waals surface area (Å²) in [7, 11) is 8.20. The molecule has 6 aliphatic heterocycles. The predicted molar refractivity (Wildman–Crippen MR) is 247 cm³/mol. The number of fused-ring (bicyclic) bond motifs is 8. The van der Waals surface area contributed by atoms with Crippen LogP contribution < -0.4 is 10.7 Å². The van der Waals surface area contributed by atoms with Gasteiger partial charge in [0.15, 0.2) is 0 Å². The van der Waals surface area contributed by atoms with E-state index in [2.05, 4.69) is 106 Å². The molecule has 8 bridgehead atoms. The number of methoxy groups -OCH3 is 1. The summed E-state index contributed by atoms with van der Waals surface area (Å²) in [6.45, 7) is 14.9. The number of aromatic nitrogens is 2. The van der Waals surface area contributed by atoms with Gasteiger partial charge in [0.2, 0.25) is 5.91 Å². The van der Waals surface area contributed by atoms with Gasteiger partial charge in [0.05, 0.1) is 41.3 Å². The fourth-order valence-electron chi connectivity index (χ4n) is 11.3. The van der Waals surface area contributed by atoms with Crippen LogP contribution in [0, 0.1) is 5.41 Å². The number of nitrogens with one attached hydrogen (secondary N) is 2. The Bertz CT molecular complexity index is 2320. The predicted octanol–water partition coefficient (Wildman–Crippen LogP) is 4.88. The number of benzene rings is 1. The molecule has 3 aromatic rings. The molecule has 15 heteroatoms. The molecule has 9 rings (SSSR count). The lowest BCUT2D eigenvalue weighted by molar-refractivity contribution is -0.155. The molecule has 2 aromatic heterocycles. The number of carbonyl (C=O) groups excluding carboxylic acids is 3. The van der Waals surface area contributed by atoms with Crippen LogP contribution in [0.3, 0.4) is 0 Å². The van der Waals surface area contributed by atoms with Gasteiger partial charge in [-0.15, -0.1) is 11.3 Å². The number of aryl methyl sites for hydroxylation is 1. The Hall–Kier alpha value is -4.28. The van der Waals surface area contributed by atoms with Crippen LogP contribution in [0.25, 0.3) is 27.7 Å². The first-order chi connectivity index (χ1) is 30.2. The summed E-state index contributed by atoms with van der Waals surface area (Å²) in [6, 6.07) is 5.51. The highest BCUT2D eigenvalue weighted by molar-refractivity contribution is 7.10. The summed E-state index contributed by atoms with van der Waals surface area (Å²) in [5.74, 6) is -0.735. The number of allylic oxidation sites excluding steroid dienone is 2. The van der Waals surface area contributed by atoms with Crippen molar-refractivity contribution in [1.82, 2.24) is 44.9 Å². The molecule has 6 aliphatic rings. The van der Waals surface area contributed by atoms with Crippen LogP contribution in [0.4, 0.5) is 0 Å². The van der Waals surface area contributed by atoms with Gasteiger partial charge in [-0.1, -0.05) is 19.9 Å². The zero-order valence-corrected chi connectivity index (χ0v) is 39.4. The van der Waals surface area contributed by atoms with Gasteiger partial charge in [0, 0.05) is 104 Å². The highest BCUT2D eigenvalue weighted by Gasteiger charge is 2.55. The van der Waals surface area contributed by atoms with Crippen LogP contribution in [0.5, 0.6) is 0 Å². The van der Waals surface area contributed by atoms with E-state index in [1.807, 2.05) is 7.05 Å². The van der Waals surface area contributed by atoms with Crippen molar-refractivity contribution in [3.63, 3.8) is 0 Å². The zero-order valence-electron chi connectivity index (χ0n) is 38.6. The van der Waals surface area contributed by atoms with Crippen molar-refractivity contribution in [3.05, 3.63) is 57.3 Å². The number of ether oxygens (including phenoxy) is 2. The largest absolute Gasteiger partial charge is 0.464 e. The van der Waals surface area contributed by atoms with E-state index < -0.39 is 23.0 Å². The highest BCUT2D eigenvalue weighted by atomic mass is 32.1. The number of cyclic esters (lactones) is 1. The second-order valence-electron chi connectivity index (χ2n) is 19.8. The summed E-state index contributed by atoms with van der Waals surface area (Å²) < 4.78 is 14.8. The van der Waals surface area contributed by atoms with Crippen LogP contribution >= 0.6 is 11.3 Å². The van der Waals surface area contributed by atoms with E-state index >= 15 is 0 Å². The number of carbonyl (C=O) groups is 3. The number of hydrogen-bond acceptors (Lipinski definition) is 12. The third-order valence-corrected chi connectivity index (χ3v) is 15.9. The third kappa shape index (κ3) is 8.10. The molecule has 4 fully saturated rings. The number of likely N-dealkylation sites (N-methyl/N-ethyl adjacent to an activating group) is 3. The summed E-state index contributed by atoms with van der Waals surface area (Å²) >= 11 is 1.51. The van der Waals surface area contributed by atoms with Gasteiger partial charge < -0.3 is 34.1 Å². The fraction of sp³-hybridized carbons (Fsp3) is 0.625. The Balaban J connectivity index is 1.16. The van der Waals surface area contributed by atoms with Crippen molar-refractivity contribution in [1.29, 1.82) is 0 Å². The molecule has 14 nitrogen and oxygen atoms in total. The Morgan fingerprint density at radius 3 is 2.54 bits per heavy atom. The summed E-state index contributed by atoms with van der Waals surface area (Å²) in [5, 5.41) is 8.74. The van der Waals surface area contributed by atoms with Gasteiger partial charge >= 0.3 is 5.97 Å². The second-order valence-corrected chi connectivity index (χ2v) is 20.7. The van der Waals surface area contributed by atoms with E-state index in [4.69, 9.17) is 14.5 Å². The maximum Gasteiger partial charge on any atom is 0.324 e. The Morgan fingerprint density at radius 2 is 1.84 bits per heavy atom. The van der Waals surface area contributed by atoms with Crippen molar-refractivity contribution in [3.8, 4) is 11.3 Å². The quantitative estimate of drug-likeness (QED) is 0.316. The monoisotopic (exact) mass is 881 g/mol. The molecule has 4 saturated heterocycles. The molecule has 340 valence electrons. The topological polar surface area (TPSA) is 128 Å². The van der Waals surface area contributed by atoms with Crippen molar-refractivity contribution in [2.24, 2.45) is 5.41 Å². The van der Waals surface area contributed by atoms with Gasteiger partial charge in [-0.25, -0.2) is 10.4 Å². The van der Waals surface area contributed by atoms with Crippen LogP contribution in [0.15, 0.2) is 41.0 Å². The molecule has 0 spiro atoms. The number of piperazine rings is 1. The van der Waals surface area contributed by atoms with E-state index in [0.29, 0.717) is 31.8 Å². The van der Waals surface area contributed by atoms with Crippen LogP contribution in [-0.2, 0) is 43.2 Å². The van der Waals surface area contributed by atoms with Crippen molar-refractivity contribution >= 4 is 45.6 Å². The standard InChI is InChI=1S/C48H67N9O5S/c1-9-56-40-13-12-31-23-34(40)36(43(56)35-24-33(55-21-19-52(5)20-22-55)27-53(6)42(35)30(2)61-8)26-47(3,4)29-62-45(59)37-11-10-18-57(51-37)44(58)38(25-41-49-39(31)28-63-41)50-46(60)48-16-14-32(15-17-48)54(48)7/h12-13,23-24,28,30,32,37-38,51H,9-11,14-22,25-27,29H2,1-8H3,(H,50,60)/t30-,32?,37-,38?,48?/m0/s1. The van der Waals surface area contributed by atoms with Gasteiger partial charge in [-0.2, -0.15) is 0 Å². The lowest BCUT2D eigenvalue weighted by atomic mass is 9.83. The fourth-order valence-corrected chi connectivity index (χ4v) is 12.1. The average Bonchev–Trinajstić information content (AvgIpc) is 4.05. The normalized spacial score (nSPS) is 27.8. The lowest BCUT2D eigenvalue weighted by Crippen LogP contribution is -2.62. The Labute approximate surface area is 376 Å². The summed E-state index contributed by atoms with van der Waals surface area (Å²) in [5.41, 5.74) is 11.1. The van der Waals surface area contributed by atoms with E-state index in [-0.39, 0.29) is 36.9 Å². The molecule has 0 radical (unpaired) electrons. The zero-order chi connectivity index (χ0) is 44.4. The third-order valence-electron chi connectivity index (χ3n) is 15.0. The number of hydrogen-bond donors (Lipinski definition) is 2. The number of esters is 1. The summed E-state index contributed by atoms with van der Waals surface area (Å²) in [4.78, 5) is 57.4. The van der Waals surface area contributed by atoms with Crippen molar-refractivity contribution in [2.45, 2.75) is 115 Å². The van der Waals surface area contributed by atoms with E-state index in [0.717, 1.165) is 109 Å². The molecule has 1 aromatic carbocycles. The van der Waals surface area contributed by atoms with Crippen molar-refractivity contribution < 1.29 is 23.9 Å². The van der Waals surface area contributed by atoms with Crippen molar-refractivity contribution in [2.75, 3.05) is 74.1 Å². The summed E-state index contributed by atoms with van der Waals surface area (Å²) in [6.07, 6.45) is 7.88. The number of hydrazine groups is 1. The molecule has 8 heterocycles. The lowest BCUT2D eigenvalue weighted by Gasteiger charge is -2.41. The first-order valence-electron chi connectivity index (χ1n) is 23.2. The molecule has 0 aliphatic carbocycles. The second kappa shape index (κ2) is 17.3. The maximum absolute atomic E-state index is 14.5. The van der Waals surface area contributed by atoms with Crippen LogP contribution in [0.2, 0.25) is 0 Å². The number of rotatable bonds is 7. The molecule has 3 atom stereocenters. The molecule has 0 saturated carbocycles. The SMILES string of the molecule is CCn1c(C2=C([C@H](C)OC)N(C)CC(N3CCN(C)CC3)=C2)c2c3cc(ccc31)-c1csc(n1)CC(NC(=O)C13CCC(CC1)N3C)C(=O)N1CCC[C@H](N1)C(=O)OCC(C)(C)C2. The van der Waals surface area contributed by atoms with E-state index in [1.54, 1.807) is 7.11 Å². The van der Waals surface area contributed by atoms with Gasteiger partial charge in [-0.05, 0) is 96.7 Å². The highest BCUT2D eigenvalue weighted by Crippen LogP contribution is 2.46. The minimum Gasteiger partial charge on any atom is -0.464 e. The molecular formula is C48H67N9O5S. The molecule has 2 N–H and O–H groups in total. The molecule has 63 heavy (non-hydrogen) atoms. The van der Waals surface area contributed by atoms with Gasteiger partial charge in [-0.3, -0.25) is 24.3 Å². The minimum atomic E-state index is -0.858. The van der Waals surface area contributed by atoms with E-state index in [1.165, 1.54) is 27.6 Å². The Morgan fingerprint density at radius 1 is 1.08 bits per heavy atom. The van der Waals surface area contributed by atoms with Gasteiger partial charge in [0.25, 0.3) is 5.91 Å². The van der Waals surface area contributed by atoms with Crippen LogP contribution in [0.1, 0.15) is 82.5 Å². The average molecular weight is 882 g/mol. The van der Waals surface area contributed by atoms with Crippen LogP contribution in [-0.4, -0.2) is 156 Å². The first-order valence-corrected chi connectivity index (χ1v) is 24.1. The maximum atomic E-state index is 14.5. The Kier molecular flexibility index (Phi) is 12.0. The molecule has 1 unspecified atom stereocenters. The number of thiazole rings is 1. The molecular weight excluding hydrogens is 815 g/mol. The number of nitrogens with zero attached hydrogens (tertiary/aromatic N) is 7. The number of amides is 2. The van der Waals surface area contributed by atoms with E-state index in [9.17, 15) is 14.4 Å².